The van der Waals surface area contributed by atoms with E-state index in [4.69, 9.17) is 19.6 Å². The summed E-state index contributed by atoms with van der Waals surface area (Å²) in [6, 6.07) is 0. The van der Waals surface area contributed by atoms with Gasteiger partial charge in [-0.05, 0) is 19.3 Å². The van der Waals surface area contributed by atoms with E-state index in [0.717, 1.165) is 6.08 Å². The molecule has 1 rings (SSSR count). The minimum absolute atomic E-state index is 0.182. The highest BCUT2D eigenvalue weighted by Crippen LogP contribution is 2.72. The quantitative estimate of drug-likeness (QED) is 0.420. The lowest BCUT2D eigenvalue weighted by Gasteiger charge is -2.33. The van der Waals surface area contributed by atoms with E-state index in [1.165, 1.54) is 6.08 Å². The Hall–Kier alpha value is 0.0400. The number of hydrogen-bond donors (Lipinski definition) is 4. The molecule has 0 saturated heterocycles. The minimum atomic E-state index is -4.84. The summed E-state index contributed by atoms with van der Waals surface area (Å²) in [4.78, 5) is 33.7. The van der Waals surface area contributed by atoms with Crippen LogP contribution in [0.5, 0.6) is 0 Å². The van der Waals surface area contributed by atoms with E-state index in [2.05, 4.69) is 0 Å². The molecule has 0 spiro atoms. The van der Waals surface area contributed by atoms with Crippen molar-refractivity contribution in [3.05, 3.63) is 12.2 Å². The average molecular weight is 242 g/mol. The van der Waals surface area contributed by atoms with Crippen molar-refractivity contribution < 1.29 is 28.7 Å². The lowest BCUT2D eigenvalue weighted by Crippen LogP contribution is -2.28. The molecule has 0 fully saturated rings. The zero-order valence-corrected chi connectivity index (χ0v) is 9.06. The van der Waals surface area contributed by atoms with Crippen LogP contribution in [-0.2, 0) is 9.13 Å². The van der Waals surface area contributed by atoms with Gasteiger partial charge in [0.25, 0.3) is 0 Å². The molecule has 1 aliphatic carbocycles. The molecule has 14 heavy (non-hydrogen) atoms. The Labute approximate surface area is 81.0 Å². The molecular formula is C6H12O6P2. The van der Waals surface area contributed by atoms with Crippen LogP contribution >= 0.6 is 15.2 Å². The highest BCUT2D eigenvalue weighted by atomic mass is 31.2. The third-order valence-electron chi connectivity index (χ3n) is 2.31. The topological polar surface area (TPSA) is 115 Å². The van der Waals surface area contributed by atoms with Gasteiger partial charge in [0, 0.05) is 0 Å². The van der Waals surface area contributed by atoms with Crippen molar-refractivity contribution in [2.24, 2.45) is 0 Å². The molecule has 0 amide bonds. The van der Waals surface area contributed by atoms with Gasteiger partial charge in [0.1, 0.15) is 0 Å². The Bertz CT molecular complexity index is 314. The molecule has 4 N–H and O–H groups in total. The van der Waals surface area contributed by atoms with Gasteiger partial charge >= 0.3 is 15.2 Å². The van der Waals surface area contributed by atoms with E-state index in [9.17, 15) is 9.13 Å². The zero-order chi connectivity index (χ0) is 11.0. The van der Waals surface area contributed by atoms with Crippen molar-refractivity contribution >= 4 is 15.2 Å². The van der Waals surface area contributed by atoms with Crippen LogP contribution in [0.2, 0.25) is 0 Å². The Morgan fingerprint density at radius 3 is 1.79 bits per heavy atom. The molecule has 0 aromatic carbocycles. The second-order valence-corrected chi connectivity index (χ2v) is 7.39. The van der Waals surface area contributed by atoms with Gasteiger partial charge in [-0.2, -0.15) is 0 Å². The number of allylic oxidation sites excluding steroid dienone is 2. The summed E-state index contributed by atoms with van der Waals surface area (Å²) in [5.41, 5.74) is 0. The summed E-state index contributed by atoms with van der Waals surface area (Å²) in [6.07, 6.45) is 3.15. The summed E-state index contributed by atoms with van der Waals surface area (Å²) < 4.78 is 22.2. The lowest BCUT2D eigenvalue weighted by atomic mass is 10.1. The van der Waals surface area contributed by atoms with Crippen molar-refractivity contribution in [1.82, 2.24) is 0 Å². The minimum Gasteiger partial charge on any atom is -0.323 e. The first-order chi connectivity index (χ1) is 6.21. The monoisotopic (exact) mass is 242 g/mol. The molecule has 0 unspecified atom stereocenters. The van der Waals surface area contributed by atoms with Crippen LogP contribution < -0.4 is 0 Å². The molecule has 0 aromatic heterocycles. The van der Waals surface area contributed by atoms with Crippen LogP contribution in [0, 0.1) is 0 Å². The predicted molar refractivity (Wildman–Crippen MR) is 49.8 cm³/mol. The van der Waals surface area contributed by atoms with Gasteiger partial charge in [0.05, 0.1) is 0 Å². The molecule has 82 valence electrons. The lowest BCUT2D eigenvalue weighted by molar-refractivity contribution is 0.313. The second kappa shape index (κ2) is 3.56. The van der Waals surface area contributed by atoms with Crippen LogP contribution in [0.3, 0.4) is 0 Å². The van der Waals surface area contributed by atoms with Crippen LogP contribution in [0.25, 0.3) is 0 Å². The number of rotatable bonds is 2. The smallest absolute Gasteiger partial charge is 0.323 e. The largest absolute Gasteiger partial charge is 0.347 e. The maximum atomic E-state index is 11.1. The van der Waals surface area contributed by atoms with Gasteiger partial charge in [-0.3, -0.25) is 9.13 Å². The second-order valence-electron chi connectivity index (χ2n) is 3.26. The fourth-order valence-electron chi connectivity index (χ4n) is 1.49. The van der Waals surface area contributed by atoms with Crippen molar-refractivity contribution in [2.75, 3.05) is 0 Å². The third kappa shape index (κ3) is 1.87. The fourth-order valence-corrected chi connectivity index (χ4v) is 4.35. The highest BCUT2D eigenvalue weighted by molar-refractivity contribution is 7.72. The van der Waals surface area contributed by atoms with Gasteiger partial charge in [-0.15, -0.1) is 0 Å². The SMILES string of the molecule is O=P(O)(O)C1(P(=O)(O)O)C=CCCC1. The van der Waals surface area contributed by atoms with Crippen LogP contribution in [0.4, 0.5) is 0 Å². The Balaban J connectivity index is 3.30. The first-order valence-electron chi connectivity index (χ1n) is 4.00. The Morgan fingerprint density at radius 2 is 1.57 bits per heavy atom. The summed E-state index contributed by atoms with van der Waals surface area (Å²) >= 11 is 0. The zero-order valence-electron chi connectivity index (χ0n) is 7.28. The third-order valence-corrected chi connectivity index (χ3v) is 6.64. The molecule has 0 radical (unpaired) electrons. The molecule has 1 aliphatic rings. The highest BCUT2D eigenvalue weighted by Gasteiger charge is 2.58. The van der Waals surface area contributed by atoms with Gasteiger partial charge in [-0.25, -0.2) is 0 Å². The number of hydrogen-bond acceptors (Lipinski definition) is 2. The van der Waals surface area contributed by atoms with Crippen molar-refractivity contribution in [2.45, 2.75) is 24.2 Å². The molecule has 8 heteroatoms. The van der Waals surface area contributed by atoms with E-state index in [1.807, 2.05) is 0 Å². The van der Waals surface area contributed by atoms with Crippen molar-refractivity contribution in [1.29, 1.82) is 0 Å². The Morgan fingerprint density at radius 1 is 1.07 bits per heavy atom. The summed E-state index contributed by atoms with van der Waals surface area (Å²) in [5, 5.41) is 0. The first kappa shape index (κ1) is 12.1. The molecule has 0 aromatic rings. The molecule has 0 heterocycles. The molecule has 0 saturated carbocycles. The predicted octanol–water partition coefficient (Wildman–Crippen LogP) is 0.778. The van der Waals surface area contributed by atoms with E-state index >= 15 is 0 Å². The molecule has 6 nitrogen and oxygen atoms in total. The summed E-state index contributed by atoms with van der Waals surface area (Å²) in [6.45, 7) is 0. The van der Waals surface area contributed by atoms with E-state index < -0.39 is 20.1 Å². The van der Waals surface area contributed by atoms with Crippen molar-refractivity contribution in [3.63, 3.8) is 0 Å². The Kier molecular flexibility index (Phi) is 3.08. The molecule has 0 atom stereocenters. The van der Waals surface area contributed by atoms with E-state index in [-0.39, 0.29) is 6.42 Å². The van der Waals surface area contributed by atoms with E-state index in [1.54, 1.807) is 0 Å². The maximum absolute atomic E-state index is 11.1. The standard InChI is InChI=1S/C6H12O6P2/c7-13(8,9)6(14(10,11)12)4-2-1-3-5-6/h2,4H,1,3,5H2,(H2,7,8,9)(H2,10,11,12). The average Bonchev–Trinajstić information content (AvgIpc) is 2.02. The summed E-state index contributed by atoms with van der Waals surface area (Å²) in [5.74, 6) is 0. The van der Waals surface area contributed by atoms with Crippen LogP contribution in [0.1, 0.15) is 19.3 Å². The maximum Gasteiger partial charge on any atom is 0.347 e. The van der Waals surface area contributed by atoms with Crippen molar-refractivity contribution in [3.8, 4) is 0 Å². The van der Waals surface area contributed by atoms with Crippen LogP contribution in [0.15, 0.2) is 12.2 Å². The first-order valence-corrected chi connectivity index (χ1v) is 7.22. The van der Waals surface area contributed by atoms with Crippen LogP contribution in [-0.4, -0.2) is 24.5 Å². The fraction of sp³-hybridized carbons (Fsp3) is 0.667. The van der Waals surface area contributed by atoms with Gasteiger partial charge < -0.3 is 19.6 Å². The van der Waals surface area contributed by atoms with Gasteiger partial charge in [0.2, 0.25) is 0 Å². The molecular weight excluding hydrogens is 230 g/mol. The van der Waals surface area contributed by atoms with E-state index in [0.29, 0.717) is 12.8 Å². The van der Waals surface area contributed by atoms with Gasteiger partial charge in [0.15, 0.2) is 4.90 Å². The molecule has 0 aliphatic heterocycles. The summed E-state index contributed by atoms with van der Waals surface area (Å²) in [7, 11) is -9.69. The normalized spacial score (nSPS) is 22.3. The molecule has 0 bridgehead atoms. The van der Waals surface area contributed by atoms with Gasteiger partial charge in [-0.1, -0.05) is 12.2 Å².